The van der Waals surface area contributed by atoms with Crippen molar-refractivity contribution in [2.75, 3.05) is 7.11 Å². The molecule has 1 atom stereocenters. The van der Waals surface area contributed by atoms with Gasteiger partial charge in [-0.3, -0.25) is 4.79 Å². The first kappa shape index (κ1) is 12.2. The summed E-state index contributed by atoms with van der Waals surface area (Å²) >= 11 is 3.29. The molecule has 1 aromatic carbocycles. The lowest BCUT2D eigenvalue weighted by atomic mass is 10.00. The molecular formula is C12H15BrO2. The Bertz CT molecular complexity index is 383. The fourth-order valence-electron chi connectivity index (χ4n) is 1.49. The van der Waals surface area contributed by atoms with Gasteiger partial charge in [0.25, 0.3) is 0 Å². The fourth-order valence-corrected chi connectivity index (χ4v) is 1.74. The number of hydrogen-bond donors (Lipinski definition) is 0. The minimum atomic E-state index is -0.149. The van der Waals surface area contributed by atoms with E-state index in [4.69, 9.17) is 4.74 Å². The lowest BCUT2D eigenvalue weighted by molar-refractivity contribution is 0.0995. The summed E-state index contributed by atoms with van der Waals surface area (Å²) < 4.78 is 5.20. The van der Waals surface area contributed by atoms with Crippen molar-refractivity contribution >= 4 is 21.7 Å². The molecule has 3 heteroatoms. The summed E-state index contributed by atoms with van der Waals surface area (Å²) in [6.07, 6.45) is 0. The maximum absolute atomic E-state index is 11.8. The van der Waals surface area contributed by atoms with Gasteiger partial charge < -0.3 is 4.74 Å². The van der Waals surface area contributed by atoms with E-state index < -0.39 is 0 Å². The van der Waals surface area contributed by atoms with Gasteiger partial charge in [-0.15, -0.1) is 0 Å². The standard InChI is InChI=1S/C12H15BrO2/c1-7-6-11(15-4)8(2)5-10(7)12(14)9(3)13/h5-6,9H,1-4H3/t9-/m0/s1. The van der Waals surface area contributed by atoms with Crippen LogP contribution in [-0.2, 0) is 0 Å². The molecule has 0 spiro atoms. The van der Waals surface area contributed by atoms with Crippen LogP contribution < -0.4 is 4.74 Å². The van der Waals surface area contributed by atoms with Crippen LogP contribution in [0.2, 0.25) is 0 Å². The van der Waals surface area contributed by atoms with Crippen molar-refractivity contribution in [1.29, 1.82) is 0 Å². The maximum Gasteiger partial charge on any atom is 0.176 e. The van der Waals surface area contributed by atoms with E-state index in [2.05, 4.69) is 15.9 Å². The third-order valence-corrected chi connectivity index (χ3v) is 2.78. The van der Waals surface area contributed by atoms with Crippen molar-refractivity contribution in [3.8, 4) is 5.75 Å². The molecule has 82 valence electrons. The van der Waals surface area contributed by atoms with E-state index in [0.717, 1.165) is 22.4 Å². The topological polar surface area (TPSA) is 26.3 Å². The summed E-state index contributed by atoms with van der Waals surface area (Å²) in [7, 11) is 1.64. The number of Topliss-reactive ketones (excluding diaryl/α,β-unsaturated/α-hetero) is 1. The van der Waals surface area contributed by atoms with Crippen LogP contribution in [0.15, 0.2) is 12.1 Å². The highest BCUT2D eigenvalue weighted by Gasteiger charge is 2.15. The Kier molecular flexibility index (Phi) is 3.91. The highest BCUT2D eigenvalue weighted by atomic mass is 79.9. The molecule has 0 unspecified atom stereocenters. The zero-order chi connectivity index (χ0) is 11.6. The Morgan fingerprint density at radius 2 is 1.93 bits per heavy atom. The van der Waals surface area contributed by atoms with Crippen LogP contribution >= 0.6 is 15.9 Å². The number of rotatable bonds is 3. The molecule has 2 nitrogen and oxygen atoms in total. The van der Waals surface area contributed by atoms with Gasteiger partial charge in [0.1, 0.15) is 5.75 Å². The monoisotopic (exact) mass is 270 g/mol. The van der Waals surface area contributed by atoms with Gasteiger partial charge in [0.15, 0.2) is 5.78 Å². The molecule has 0 saturated carbocycles. The summed E-state index contributed by atoms with van der Waals surface area (Å²) in [6, 6.07) is 3.78. The van der Waals surface area contributed by atoms with Crippen LogP contribution in [-0.4, -0.2) is 17.7 Å². The number of alkyl halides is 1. The van der Waals surface area contributed by atoms with E-state index in [1.165, 1.54) is 0 Å². The Morgan fingerprint density at radius 3 is 2.40 bits per heavy atom. The van der Waals surface area contributed by atoms with E-state index in [-0.39, 0.29) is 10.6 Å². The molecule has 1 rings (SSSR count). The van der Waals surface area contributed by atoms with Gasteiger partial charge in [0.05, 0.1) is 11.9 Å². The number of ether oxygens (including phenoxy) is 1. The molecule has 0 N–H and O–H groups in total. The van der Waals surface area contributed by atoms with Crippen molar-refractivity contribution in [2.24, 2.45) is 0 Å². The van der Waals surface area contributed by atoms with Gasteiger partial charge in [-0.2, -0.15) is 0 Å². The normalized spacial score (nSPS) is 12.3. The number of hydrogen-bond acceptors (Lipinski definition) is 2. The Balaban J connectivity index is 3.22. The number of carbonyl (C=O) groups excluding carboxylic acids is 1. The molecule has 0 aliphatic carbocycles. The average molecular weight is 271 g/mol. The Hall–Kier alpha value is -0.830. The summed E-state index contributed by atoms with van der Waals surface area (Å²) in [5.74, 6) is 0.935. The van der Waals surface area contributed by atoms with Gasteiger partial charge in [-0.05, 0) is 44.0 Å². The average Bonchev–Trinajstić information content (AvgIpc) is 2.19. The smallest absolute Gasteiger partial charge is 0.176 e. The Morgan fingerprint density at radius 1 is 1.33 bits per heavy atom. The molecule has 0 radical (unpaired) electrons. The first-order valence-corrected chi connectivity index (χ1v) is 5.72. The van der Waals surface area contributed by atoms with E-state index in [1.54, 1.807) is 7.11 Å². The Labute approximate surface area is 98.8 Å². The number of methoxy groups -OCH3 is 1. The third kappa shape index (κ3) is 2.59. The maximum atomic E-state index is 11.8. The summed E-state index contributed by atoms with van der Waals surface area (Å²) in [4.78, 5) is 11.7. The van der Waals surface area contributed by atoms with Crippen LogP contribution in [0, 0.1) is 13.8 Å². The summed E-state index contributed by atoms with van der Waals surface area (Å²) in [5.41, 5.74) is 2.70. The lowest BCUT2D eigenvalue weighted by Crippen LogP contribution is -2.12. The molecule has 1 aromatic rings. The lowest BCUT2D eigenvalue weighted by Gasteiger charge is -2.11. The van der Waals surface area contributed by atoms with Gasteiger partial charge in [0, 0.05) is 5.56 Å². The zero-order valence-corrected chi connectivity index (χ0v) is 11.0. The van der Waals surface area contributed by atoms with Gasteiger partial charge in [0.2, 0.25) is 0 Å². The first-order valence-electron chi connectivity index (χ1n) is 4.81. The largest absolute Gasteiger partial charge is 0.496 e. The van der Waals surface area contributed by atoms with Crippen molar-refractivity contribution in [3.05, 3.63) is 28.8 Å². The van der Waals surface area contributed by atoms with Gasteiger partial charge in [-0.1, -0.05) is 15.9 Å². The zero-order valence-electron chi connectivity index (χ0n) is 9.43. The SMILES string of the molecule is COc1cc(C)c(C(=O)[C@H](C)Br)cc1C. The van der Waals surface area contributed by atoms with Crippen LogP contribution in [0.1, 0.15) is 28.4 Å². The molecule has 0 aromatic heterocycles. The highest BCUT2D eigenvalue weighted by molar-refractivity contribution is 9.10. The third-order valence-electron chi connectivity index (χ3n) is 2.37. The minimum Gasteiger partial charge on any atom is -0.496 e. The molecule has 0 bridgehead atoms. The molecule has 0 aliphatic heterocycles. The molecule has 0 saturated heterocycles. The van der Waals surface area contributed by atoms with E-state index >= 15 is 0 Å². The quantitative estimate of drug-likeness (QED) is 0.623. The van der Waals surface area contributed by atoms with Crippen LogP contribution in [0.4, 0.5) is 0 Å². The highest BCUT2D eigenvalue weighted by Crippen LogP contribution is 2.24. The van der Waals surface area contributed by atoms with E-state index in [1.807, 2.05) is 32.9 Å². The van der Waals surface area contributed by atoms with E-state index in [9.17, 15) is 4.79 Å². The number of halogens is 1. The molecule has 0 heterocycles. The predicted octanol–water partition coefficient (Wildman–Crippen LogP) is 3.28. The van der Waals surface area contributed by atoms with Gasteiger partial charge >= 0.3 is 0 Å². The van der Waals surface area contributed by atoms with Crippen LogP contribution in [0.3, 0.4) is 0 Å². The van der Waals surface area contributed by atoms with Crippen LogP contribution in [0.25, 0.3) is 0 Å². The van der Waals surface area contributed by atoms with Crippen molar-refractivity contribution in [3.63, 3.8) is 0 Å². The molecule has 0 aliphatic rings. The number of ketones is 1. The fraction of sp³-hybridized carbons (Fsp3) is 0.417. The predicted molar refractivity (Wildman–Crippen MR) is 65.2 cm³/mol. The molecule has 0 fully saturated rings. The first-order chi connectivity index (χ1) is 6.97. The molecule has 0 amide bonds. The molecule has 15 heavy (non-hydrogen) atoms. The number of aryl methyl sites for hydroxylation is 2. The van der Waals surface area contributed by atoms with Crippen LogP contribution in [0.5, 0.6) is 5.75 Å². The minimum absolute atomic E-state index is 0.109. The second-order valence-electron chi connectivity index (χ2n) is 3.62. The number of carbonyl (C=O) groups is 1. The second-order valence-corrected chi connectivity index (χ2v) is 4.99. The van der Waals surface area contributed by atoms with Gasteiger partial charge in [-0.25, -0.2) is 0 Å². The van der Waals surface area contributed by atoms with E-state index in [0.29, 0.717) is 0 Å². The molecular weight excluding hydrogens is 256 g/mol. The van der Waals surface area contributed by atoms with Crippen molar-refractivity contribution in [2.45, 2.75) is 25.6 Å². The second kappa shape index (κ2) is 4.79. The number of benzene rings is 1. The summed E-state index contributed by atoms with van der Waals surface area (Å²) in [6.45, 7) is 5.69. The van der Waals surface area contributed by atoms with Crippen molar-refractivity contribution < 1.29 is 9.53 Å². The van der Waals surface area contributed by atoms with Crippen molar-refractivity contribution in [1.82, 2.24) is 0 Å². The summed E-state index contributed by atoms with van der Waals surface area (Å²) in [5, 5.41) is 0.